The van der Waals surface area contributed by atoms with E-state index in [0.717, 1.165) is 12.7 Å². The third-order valence-corrected chi connectivity index (χ3v) is 7.75. The summed E-state index contributed by atoms with van der Waals surface area (Å²) in [7, 11) is 0. The van der Waals surface area contributed by atoms with E-state index in [0.29, 0.717) is 37.2 Å². The quantitative estimate of drug-likeness (QED) is 0.153. The third kappa shape index (κ3) is 6.92. The Morgan fingerprint density at radius 2 is 1.89 bits per heavy atom. The SMILES string of the molecule is C/C(=C\CC[C@@H](C)CCO)C(=O)OC[C@H]1O[C@@H](O[C@@H]2OC=C(C(=O)O)[C@H]3CC[C@](C)(O)[C@@H]23)[C@@H](O)[C@@H](O)[C@@H]1O. The maximum absolute atomic E-state index is 12.4. The highest BCUT2D eigenvalue weighted by molar-refractivity contribution is 5.88. The third-order valence-electron chi connectivity index (χ3n) is 7.75. The zero-order chi connectivity index (χ0) is 28.2. The number of hydrogen-bond donors (Lipinski definition) is 6. The average Bonchev–Trinajstić information content (AvgIpc) is 3.18. The molecule has 12 heteroatoms. The molecule has 0 bridgehead atoms. The molecule has 216 valence electrons. The molecule has 0 unspecified atom stereocenters. The highest BCUT2D eigenvalue weighted by atomic mass is 16.8. The van der Waals surface area contributed by atoms with Gasteiger partial charge in [0.1, 0.15) is 31.0 Å². The van der Waals surface area contributed by atoms with E-state index in [9.17, 15) is 35.1 Å². The number of allylic oxidation sites excluding steroid dienone is 1. The van der Waals surface area contributed by atoms with Gasteiger partial charge in [-0.05, 0) is 51.9 Å². The minimum absolute atomic E-state index is 0.00395. The molecular weight excluding hydrogens is 504 g/mol. The van der Waals surface area contributed by atoms with Crippen LogP contribution < -0.4 is 0 Å². The molecule has 2 fully saturated rings. The van der Waals surface area contributed by atoms with Gasteiger partial charge in [-0.25, -0.2) is 9.59 Å². The number of ether oxygens (including phenoxy) is 4. The highest BCUT2D eigenvalue weighted by Gasteiger charge is 2.56. The molecule has 10 atom stereocenters. The largest absolute Gasteiger partial charge is 0.478 e. The minimum Gasteiger partial charge on any atom is -0.478 e. The van der Waals surface area contributed by atoms with E-state index in [2.05, 4.69) is 0 Å². The van der Waals surface area contributed by atoms with Gasteiger partial charge in [-0.2, -0.15) is 0 Å². The predicted octanol–water partition coefficient (Wildman–Crippen LogP) is 0.201. The van der Waals surface area contributed by atoms with Gasteiger partial charge < -0.3 is 49.6 Å². The van der Waals surface area contributed by atoms with Crippen LogP contribution in [0.4, 0.5) is 0 Å². The van der Waals surface area contributed by atoms with E-state index in [4.69, 9.17) is 24.1 Å². The summed E-state index contributed by atoms with van der Waals surface area (Å²) in [5.41, 5.74) is -0.966. The Morgan fingerprint density at radius 1 is 1.18 bits per heavy atom. The van der Waals surface area contributed by atoms with Gasteiger partial charge in [0.15, 0.2) is 6.29 Å². The van der Waals surface area contributed by atoms with Crippen LogP contribution in [0.2, 0.25) is 0 Å². The van der Waals surface area contributed by atoms with E-state index in [-0.39, 0.29) is 12.2 Å². The molecule has 0 aromatic carbocycles. The van der Waals surface area contributed by atoms with Crippen molar-refractivity contribution in [3.05, 3.63) is 23.5 Å². The Morgan fingerprint density at radius 3 is 2.55 bits per heavy atom. The van der Waals surface area contributed by atoms with Crippen molar-refractivity contribution in [3.8, 4) is 0 Å². The Kier molecular flexibility index (Phi) is 10.3. The Balaban J connectivity index is 1.63. The lowest BCUT2D eigenvalue weighted by molar-refractivity contribution is -0.346. The van der Waals surface area contributed by atoms with Crippen molar-refractivity contribution in [2.75, 3.05) is 13.2 Å². The molecule has 3 aliphatic rings. The zero-order valence-electron chi connectivity index (χ0n) is 21.9. The normalized spacial score (nSPS) is 38.1. The van der Waals surface area contributed by atoms with Crippen LogP contribution in [0.5, 0.6) is 0 Å². The van der Waals surface area contributed by atoms with Gasteiger partial charge in [0.2, 0.25) is 6.29 Å². The number of carboxylic acid groups (broad SMARTS) is 1. The molecular formula is C26H40O12. The second-order valence-electron chi connectivity index (χ2n) is 10.7. The van der Waals surface area contributed by atoms with E-state index < -0.39 is 73.0 Å². The van der Waals surface area contributed by atoms with Gasteiger partial charge in [0.05, 0.1) is 23.4 Å². The first-order valence-corrected chi connectivity index (χ1v) is 13.0. The second kappa shape index (κ2) is 12.9. The fraction of sp³-hybridized carbons (Fsp3) is 0.769. The van der Waals surface area contributed by atoms with E-state index in [1.54, 1.807) is 19.9 Å². The Bertz CT molecular complexity index is 899. The van der Waals surface area contributed by atoms with Crippen LogP contribution in [-0.2, 0) is 28.5 Å². The summed E-state index contributed by atoms with van der Waals surface area (Å²) in [5, 5.41) is 60.6. The van der Waals surface area contributed by atoms with Crippen molar-refractivity contribution in [2.24, 2.45) is 17.8 Å². The highest BCUT2D eigenvalue weighted by Crippen LogP contribution is 2.49. The van der Waals surface area contributed by atoms with E-state index >= 15 is 0 Å². The number of carboxylic acids is 1. The first-order chi connectivity index (χ1) is 17.9. The smallest absolute Gasteiger partial charge is 0.334 e. The molecule has 2 heterocycles. The first-order valence-electron chi connectivity index (χ1n) is 13.0. The predicted molar refractivity (Wildman–Crippen MR) is 130 cm³/mol. The van der Waals surface area contributed by atoms with Crippen LogP contribution in [-0.4, -0.2) is 98.4 Å². The summed E-state index contributed by atoms with van der Waals surface area (Å²) in [6.45, 7) is 4.81. The standard InChI is InChI=1S/C26H40O12/c1-13(8-10-27)5-4-6-14(2)23(33)35-12-17-19(28)20(29)21(30)25(37-17)38-24-18-15(7-9-26(18,3)34)16(11-36-24)22(31)32/h6,11,13,15,17-21,24-25,27-30,34H,4-5,7-10,12H2,1-3H3,(H,31,32)/b14-6+/t13-,15-,17-,18-,19-,20+,21+,24+,25+,26+/m1/s1. The van der Waals surface area contributed by atoms with Crippen LogP contribution in [0.15, 0.2) is 23.5 Å². The minimum atomic E-state index is -1.70. The molecule has 6 N–H and O–H groups in total. The molecule has 2 aliphatic heterocycles. The summed E-state index contributed by atoms with van der Waals surface area (Å²) < 4.78 is 22.2. The van der Waals surface area contributed by atoms with Crippen molar-refractivity contribution in [1.29, 1.82) is 0 Å². The van der Waals surface area contributed by atoms with Crippen molar-refractivity contribution >= 4 is 11.9 Å². The lowest BCUT2D eigenvalue weighted by Crippen LogP contribution is -2.61. The number of fused-ring (bicyclic) bond motifs is 1. The van der Waals surface area contributed by atoms with Gasteiger partial charge >= 0.3 is 11.9 Å². The molecule has 0 aromatic heterocycles. The summed E-state index contributed by atoms with van der Waals surface area (Å²) >= 11 is 0. The molecule has 12 nitrogen and oxygen atoms in total. The molecule has 0 amide bonds. The number of esters is 1. The van der Waals surface area contributed by atoms with Gasteiger partial charge in [-0.1, -0.05) is 13.0 Å². The lowest BCUT2D eigenvalue weighted by atomic mass is 9.81. The summed E-state index contributed by atoms with van der Waals surface area (Å²) in [6.07, 6.45) is -3.40. The van der Waals surface area contributed by atoms with E-state index in [1.165, 1.54) is 0 Å². The molecule has 1 aliphatic carbocycles. The molecule has 0 radical (unpaired) electrons. The number of hydrogen-bond acceptors (Lipinski definition) is 11. The van der Waals surface area contributed by atoms with Crippen LogP contribution in [0, 0.1) is 17.8 Å². The van der Waals surface area contributed by atoms with Crippen molar-refractivity contribution in [1.82, 2.24) is 0 Å². The Labute approximate surface area is 221 Å². The molecule has 3 rings (SSSR count). The maximum atomic E-state index is 12.4. The number of aliphatic carboxylic acids is 1. The topological polar surface area (TPSA) is 192 Å². The second-order valence-corrected chi connectivity index (χ2v) is 10.7. The average molecular weight is 545 g/mol. The van der Waals surface area contributed by atoms with Gasteiger partial charge in [0, 0.05) is 18.1 Å². The van der Waals surface area contributed by atoms with Crippen LogP contribution >= 0.6 is 0 Å². The monoisotopic (exact) mass is 544 g/mol. The van der Waals surface area contributed by atoms with Gasteiger partial charge in [-0.15, -0.1) is 0 Å². The number of aliphatic hydroxyl groups excluding tert-OH is 4. The van der Waals surface area contributed by atoms with Crippen LogP contribution in [0.1, 0.15) is 52.9 Å². The summed E-state index contributed by atoms with van der Waals surface area (Å²) in [6, 6.07) is 0. The lowest BCUT2D eigenvalue weighted by Gasteiger charge is -2.44. The fourth-order valence-electron chi connectivity index (χ4n) is 5.30. The van der Waals surface area contributed by atoms with Gasteiger partial charge in [-0.3, -0.25) is 0 Å². The summed E-state index contributed by atoms with van der Waals surface area (Å²) in [4.78, 5) is 24.0. The van der Waals surface area contributed by atoms with Crippen LogP contribution in [0.25, 0.3) is 0 Å². The number of rotatable bonds is 11. The van der Waals surface area contributed by atoms with Crippen LogP contribution in [0.3, 0.4) is 0 Å². The number of carbonyl (C=O) groups is 2. The van der Waals surface area contributed by atoms with Crippen molar-refractivity contribution < 1.29 is 59.2 Å². The number of aliphatic hydroxyl groups is 5. The number of carbonyl (C=O) groups excluding carboxylic acids is 1. The fourth-order valence-corrected chi connectivity index (χ4v) is 5.30. The molecule has 0 aromatic rings. The maximum Gasteiger partial charge on any atom is 0.334 e. The molecule has 1 saturated heterocycles. The van der Waals surface area contributed by atoms with Crippen molar-refractivity contribution in [2.45, 2.75) is 95.5 Å². The molecule has 38 heavy (non-hydrogen) atoms. The molecule has 0 spiro atoms. The summed E-state index contributed by atoms with van der Waals surface area (Å²) in [5.74, 6) is -2.86. The van der Waals surface area contributed by atoms with E-state index in [1.807, 2.05) is 6.92 Å². The van der Waals surface area contributed by atoms with Crippen molar-refractivity contribution in [3.63, 3.8) is 0 Å². The molecule has 1 saturated carbocycles. The first kappa shape index (κ1) is 30.5. The van der Waals surface area contributed by atoms with Gasteiger partial charge in [0.25, 0.3) is 0 Å². The zero-order valence-corrected chi connectivity index (χ0v) is 21.9. The Hall–Kier alpha value is -2.06.